The van der Waals surface area contributed by atoms with E-state index in [9.17, 15) is 8.42 Å². The van der Waals surface area contributed by atoms with Crippen molar-refractivity contribution in [1.82, 2.24) is 0 Å². The first-order chi connectivity index (χ1) is 13.5. The monoisotopic (exact) mass is 424 g/mol. The Kier molecular flexibility index (Phi) is 7.75. The van der Waals surface area contributed by atoms with E-state index < -0.39 is 22.4 Å². The summed E-state index contributed by atoms with van der Waals surface area (Å²) >= 11 is -3.50. The average molecular weight is 425 g/mol. The lowest BCUT2D eigenvalue weighted by molar-refractivity contribution is -0.245. The largest absolute Gasteiger partial charge is 0.380 e. The standard InChI is InChI=1S/C20H24O6S2/c1-15-3-7-18(8-4-15)24-28(22)25-19-11-9-17(10-12-19)23-26-27(21)20-13-5-16(2)6-14-20/h3-8,13-14,17,19H,9-12H2,1-2H3. The second kappa shape index (κ2) is 10.3. The van der Waals surface area contributed by atoms with Gasteiger partial charge in [-0.05, 0) is 63.8 Å². The third-order valence-corrected chi connectivity index (χ3v) is 6.09. The smallest absolute Gasteiger partial charge is 0.360 e. The van der Waals surface area contributed by atoms with E-state index in [0.29, 0.717) is 36.3 Å². The predicted octanol–water partition coefficient (Wildman–Crippen LogP) is 4.26. The molecule has 6 nitrogen and oxygen atoms in total. The second-order valence-corrected chi connectivity index (χ2v) is 8.65. The van der Waals surface area contributed by atoms with E-state index in [-0.39, 0.29) is 12.2 Å². The van der Waals surface area contributed by atoms with Crippen LogP contribution in [0.15, 0.2) is 53.4 Å². The molecule has 8 heteroatoms. The molecule has 0 saturated heterocycles. The fraction of sp³-hybridized carbons (Fsp3) is 0.400. The third kappa shape index (κ3) is 6.49. The molecule has 0 heterocycles. The molecule has 2 aromatic carbocycles. The van der Waals surface area contributed by atoms with Gasteiger partial charge in [0.15, 0.2) is 0 Å². The zero-order valence-corrected chi connectivity index (χ0v) is 17.5. The fourth-order valence-corrected chi connectivity index (χ4v) is 4.15. The summed E-state index contributed by atoms with van der Waals surface area (Å²) in [6.07, 6.45) is 2.31. The predicted molar refractivity (Wildman–Crippen MR) is 107 cm³/mol. The van der Waals surface area contributed by atoms with Crippen LogP contribution in [0.4, 0.5) is 0 Å². The SMILES string of the molecule is Cc1ccc(OS(=O)OC2CCC(OOS(=O)c3ccc(C)cc3)CC2)cc1. The first kappa shape index (κ1) is 21.1. The third-order valence-electron chi connectivity index (χ3n) is 4.47. The first-order valence-corrected chi connectivity index (χ1v) is 11.2. The van der Waals surface area contributed by atoms with Gasteiger partial charge in [0.2, 0.25) is 11.1 Å². The zero-order chi connectivity index (χ0) is 19.9. The molecule has 0 aliphatic heterocycles. The van der Waals surface area contributed by atoms with Crippen molar-refractivity contribution in [1.29, 1.82) is 0 Å². The lowest BCUT2D eigenvalue weighted by Gasteiger charge is -2.26. The van der Waals surface area contributed by atoms with Gasteiger partial charge in [0.1, 0.15) is 5.75 Å². The molecule has 1 saturated carbocycles. The van der Waals surface area contributed by atoms with Crippen molar-refractivity contribution < 1.29 is 26.0 Å². The highest BCUT2D eigenvalue weighted by Gasteiger charge is 2.26. The molecule has 0 bridgehead atoms. The summed E-state index contributed by atoms with van der Waals surface area (Å²) in [7, 11) is 0. The Morgan fingerprint density at radius 2 is 1.32 bits per heavy atom. The van der Waals surface area contributed by atoms with E-state index in [1.807, 2.05) is 38.1 Å². The van der Waals surface area contributed by atoms with Crippen LogP contribution < -0.4 is 4.18 Å². The topological polar surface area (TPSA) is 71.1 Å². The van der Waals surface area contributed by atoms with Gasteiger partial charge in [-0.2, -0.15) is 4.21 Å². The van der Waals surface area contributed by atoms with Crippen LogP contribution >= 0.6 is 0 Å². The van der Waals surface area contributed by atoms with Gasteiger partial charge in [0, 0.05) is 0 Å². The molecule has 2 unspecified atom stereocenters. The minimum atomic E-state index is -1.85. The van der Waals surface area contributed by atoms with E-state index in [0.717, 1.165) is 11.1 Å². The molecule has 0 radical (unpaired) electrons. The molecule has 0 N–H and O–H groups in total. The Morgan fingerprint density at radius 3 is 1.93 bits per heavy atom. The number of hydrogen-bond acceptors (Lipinski definition) is 6. The van der Waals surface area contributed by atoms with Crippen LogP contribution in [0.25, 0.3) is 0 Å². The molecular formula is C20H24O6S2. The van der Waals surface area contributed by atoms with Crippen LogP contribution in [0, 0.1) is 13.8 Å². The number of benzene rings is 2. The molecule has 2 aromatic rings. The Morgan fingerprint density at radius 1 is 0.786 bits per heavy atom. The van der Waals surface area contributed by atoms with Crippen molar-refractivity contribution in [3.8, 4) is 5.75 Å². The van der Waals surface area contributed by atoms with Gasteiger partial charge in [-0.1, -0.05) is 35.4 Å². The van der Waals surface area contributed by atoms with Crippen molar-refractivity contribution in [3.63, 3.8) is 0 Å². The minimum absolute atomic E-state index is 0.166. The maximum absolute atomic E-state index is 12.1. The molecule has 1 fully saturated rings. The van der Waals surface area contributed by atoms with E-state index in [2.05, 4.69) is 0 Å². The van der Waals surface area contributed by atoms with Gasteiger partial charge in [-0.15, -0.1) is 4.33 Å². The van der Waals surface area contributed by atoms with Crippen LogP contribution in [-0.4, -0.2) is 20.6 Å². The van der Waals surface area contributed by atoms with Crippen molar-refractivity contribution in [3.05, 3.63) is 59.7 Å². The van der Waals surface area contributed by atoms with E-state index in [1.54, 1.807) is 24.3 Å². The minimum Gasteiger partial charge on any atom is -0.380 e. The summed E-state index contributed by atoms with van der Waals surface area (Å²) in [6, 6.07) is 14.5. The number of hydrogen-bond donors (Lipinski definition) is 0. The van der Waals surface area contributed by atoms with Crippen molar-refractivity contribution in [2.45, 2.75) is 56.6 Å². The first-order valence-electron chi connectivity index (χ1n) is 9.16. The summed E-state index contributed by atoms with van der Waals surface area (Å²) in [5.41, 5.74) is 2.19. The molecule has 2 atom stereocenters. The van der Waals surface area contributed by atoms with Gasteiger partial charge in [-0.25, -0.2) is 9.10 Å². The number of rotatable bonds is 8. The fourth-order valence-electron chi connectivity index (χ4n) is 2.81. The van der Waals surface area contributed by atoms with E-state index in [4.69, 9.17) is 17.6 Å². The highest BCUT2D eigenvalue weighted by molar-refractivity contribution is 7.80. The van der Waals surface area contributed by atoms with Crippen LogP contribution in [0.2, 0.25) is 0 Å². The highest BCUT2D eigenvalue weighted by Crippen LogP contribution is 2.25. The summed E-state index contributed by atoms with van der Waals surface area (Å²) in [6.45, 7) is 3.93. The summed E-state index contributed by atoms with van der Waals surface area (Å²) in [5, 5.41) is 0. The normalized spacial score (nSPS) is 21.8. The van der Waals surface area contributed by atoms with Crippen molar-refractivity contribution in [2.75, 3.05) is 0 Å². The lowest BCUT2D eigenvalue weighted by Crippen LogP contribution is -2.28. The van der Waals surface area contributed by atoms with Gasteiger partial charge >= 0.3 is 11.4 Å². The van der Waals surface area contributed by atoms with Gasteiger partial charge in [-0.3, -0.25) is 4.18 Å². The molecule has 0 aromatic heterocycles. The van der Waals surface area contributed by atoms with E-state index in [1.165, 1.54) is 0 Å². The molecule has 1 aliphatic rings. The molecular weight excluding hydrogens is 400 g/mol. The van der Waals surface area contributed by atoms with Gasteiger partial charge in [0.25, 0.3) is 0 Å². The zero-order valence-electron chi connectivity index (χ0n) is 15.9. The Labute approximate surface area is 170 Å². The molecule has 0 spiro atoms. The Bertz CT molecular complexity index is 798. The van der Waals surface area contributed by atoms with Gasteiger partial charge < -0.3 is 4.18 Å². The Hall–Kier alpha value is -1.58. The van der Waals surface area contributed by atoms with Crippen LogP contribution in [0.5, 0.6) is 5.75 Å². The van der Waals surface area contributed by atoms with Crippen LogP contribution in [0.1, 0.15) is 36.8 Å². The lowest BCUT2D eigenvalue weighted by atomic mass is 9.95. The van der Waals surface area contributed by atoms with Gasteiger partial charge in [0.05, 0.1) is 17.1 Å². The summed E-state index contributed by atoms with van der Waals surface area (Å²) in [5.74, 6) is 0.507. The molecule has 1 aliphatic carbocycles. The summed E-state index contributed by atoms with van der Waals surface area (Å²) < 4.78 is 39.9. The van der Waals surface area contributed by atoms with Crippen molar-refractivity contribution >= 4 is 22.4 Å². The highest BCUT2D eigenvalue weighted by atomic mass is 32.2. The van der Waals surface area contributed by atoms with Crippen LogP contribution in [-0.2, 0) is 35.8 Å². The molecule has 3 rings (SSSR count). The molecule has 0 amide bonds. The second-order valence-electron chi connectivity index (χ2n) is 6.81. The van der Waals surface area contributed by atoms with Crippen molar-refractivity contribution in [2.24, 2.45) is 0 Å². The average Bonchev–Trinajstić information content (AvgIpc) is 2.69. The molecule has 152 valence electrons. The molecule has 28 heavy (non-hydrogen) atoms. The quantitative estimate of drug-likeness (QED) is 0.466. The van der Waals surface area contributed by atoms with E-state index >= 15 is 0 Å². The maximum Gasteiger partial charge on any atom is 0.360 e. The maximum atomic E-state index is 12.1. The van der Waals surface area contributed by atoms with Crippen LogP contribution in [0.3, 0.4) is 0 Å². The number of aryl methyl sites for hydroxylation is 2. The summed E-state index contributed by atoms with van der Waals surface area (Å²) in [4.78, 5) is 5.89. The Balaban J connectivity index is 1.37.